The number of carbonyl (C=O) groups is 1. The van der Waals surface area contributed by atoms with Gasteiger partial charge in [-0.15, -0.1) is 0 Å². The molecule has 106 valence electrons. The van der Waals surface area contributed by atoms with Crippen LogP contribution in [0.4, 0.5) is 8.78 Å². The van der Waals surface area contributed by atoms with E-state index >= 15 is 0 Å². The second kappa shape index (κ2) is 5.54. The van der Waals surface area contributed by atoms with Gasteiger partial charge in [0, 0.05) is 17.3 Å². The van der Waals surface area contributed by atoms with E-state index in [0.717, 1.165) is 12.1 Å². The van der Waals surface area contributed by atoms with Gasteiger partial charge in [-0.3, -0.25) is 0 Å². The number of carbonyl (C=O) groups excluding carboxylic acids is 1. The van der Waals surface area contributed by atoms with Crippen LogP contribution in [0.25, 0.3) is 0 Å². The average molecular weight is 298 g/mol. The van der Waals surface area contributed by atoms with Crippen LogP contribution in [0.1, 0.15) is 18.5 Å². The highest BCUT2D eigenvalue weighted by Crippen LogP contribution is 2.29. The third-order valence-corrected chi connectivity index (χ3v) is 3.17. The molecule has 0 amide bonds. The molecule has 1 aromatic carbocycles. The maximum Gasteiger partial charge on any atom is 0.337 e. The molecule has 0 saturated heterocycles. The minimum Gasteiger partial charge on any atom is -0.466 e. The van der Waals surface area contributed by atoms with Crippen LogP contribution in [0.2, 0.25) is 0 Å². The molecule has 2 rings (SSSR count). The smallest absolute Gasteiger partial charge is 0.337 e. The van der Waals surface area contributed by atoms with E-state index in [0.29, 0.717) is 5.70 Å². The Morgan fingerprint density at radius 3 is 2.70 bits per heavy atom. The normalized spacial score (nSPS) is 18.4. The summed E-state index contributed by atoms with van der Waals surface area (Å²) in [6.45, 7) is 1.63. The second-order valence-electron chi connectivity index (χ2n) is 4.23. The van der Waals surface area contributed by atoms with Crippen molar-refractivity contribution in [2.45, 2.75) is 13.0 Å². The topological polar surface area (TPSA) is 50.4 Å². The van der Waals surface area contributed by atoms with Gasteiger partial charge in [-0.25, -0.2) is 13.6 Å². The fourth-order valence-electron chi connectivity index (χ4n) is 2.04. The molecule has 0 spiro atoms. The second-order valence-corrected chi connectivity index (χ2v) is 4.64. The lowest BCUT2D eigenvalue weighted by molar-refractivity contribution is -0.136. The van der Waals surface area contributed by atoms with Crippen LogP contribution in [0.5, 0.6) is 0 Å². The van der Waals surface area contributed by atoms with Crippen LogP contribution >= 0.6 is 12.2 Å². The number of benzene rings is 1. The number of nitrogens with one attached hydrogen (secondary N) is 2. The number of halogens is 2. The number of allylic oxidation sites excluding steroid dienone is 1. The van der Waals surface area contributed by atoms with E-state index in [2.05, 4.69) is 10.6 Å². The molecule has 2 N–H and O–H groups in total. The van der Waals surface area contributed by atoms with Crippen LogP contribution in [0.15, 0.2) is 29.5 Å². The molecule has 1 atom stereocenters. The number of hydrogen-bond donors (Lipinski definition) is 2. The van der Waals surface area contributed by atoms with Gasteiger partial charge >= 0.3 is 5.97 Å². The Balaban J connectivity index is 2.54. The van der Waals surface area contributed by atoms with Crippen molar-refractivity contribution in [3.05, 3.63) is 46.7 Å². The van der Waals surface area contributed by atoms with Crippen molar-refractivity contribution in [1.82, 2.24) is 10.6 Å². The first-order valence-electron chi connectivity index (χ1n) is 5.75. The van der Waals surface area contributed by atoms with Gasteiger partial charge in [-0.2, -0.15) is 0 Å². The molecule has 0 fully saturated rings. The van der Waals surface area contributed by atoms with E-state index in [-0.39, 0.29) is 16.2 Å². The zero-order valence-electron chi connectivity index (χ0n) is 10.8. The molecule has 1 aromatic rings. The molecule has 0 aliphatic carbocycles. The molecule has 1 aliphatic rings. The molecule has 1 unspecified atom stereocenters. The highest BCUT2D eigenvalue weighted by molar-refractivity contribution is 7.80. The molecule has 1 heterocycles. The summed E-state index contributed by atoms with van der Waals surface area (Å²) in [4.78, 5) is 11.8. The first-order chi connectivity index (χ1) is 9.43. The summed E-state index contributed by atoms with van der Waals surface area (Å²) < 4.78 is 31.6. The van der Waals surface area contributed by atoms with E-state index in [4.69, 9.17) is 17.0 Å². The fourth-order valence-corrected chi connectivity index (χ4v) is 2.31. The van der Waals surface area contributed by atoms with Gasteiger partial charge in [0.15, 0.2) is 5.11 Å². The zero-order chi connectivity index (χ0) is 14.9. The summed E-state index contributed by atoms with van der Waals surface area (Å²) in [6, 6.07) is 2.32. The van der Waals surface area contributed by atoms with Gasteiger partial charge in [0.1, 0.15) is 11.6 Å². The largest absolute Gasteiger partial charge is 0.466 e. The summed E-state index contributed by atoms with van der Waals surface area (Å²) in [7, 11) is 1.23. The number of methoxy groups -OCH3 is 1. The van der Waals surface area contributed by atoms with Crippen molar-refractivity contribution < 1.29 is 18.3 Å². The zero-order valence-corrected chi connectivity index (χ0v) is 11.6. The highest BCUT2D eigenvalue weighted by Gasteiger charge is 2.32. The minimum absolute atomic E-state index is 0.120. The first kappa shape index (κ1) is 14.4. The number of esters is 1. The Hall–Kier alpha value is -2.02. The van der Waals surface area contributed by atoms with Crippen LogP contribution in [-0.2, 0) is 9.53 Å². The summed E-state index contributed by atoms with van der Waals surface area (Å²) in [5, 5.41) is 5.82. The third-order valence-electron chi connectivity index (χ3n) is 2.95. The van der Waals surface area contributed by atoms with Crippen molar-refractivity contribution >= 4 is 23.3 Å². The van der Waals surface area contributed by atoms with Crippen LogP contribution in [0, 0.1) is 11.6 Å². The highest BCUT2D eigenvalue weighted by atomic mass is 32.1. The van der Waals surface area contributed by atoms with E-state index in [1.165, 1.54) is 13.2 Å². The van der Waals surface area contributed by atoms with Gasteiger partial charge in [0.05, 0.1) is 18.7 Å². The monoisotopic (exact) mass is 298 g/mol. The van der Waals surface area contributed by atoms with Crippen LogP contribution in [-0.4, -0.2) is 18.2 Å². The summed E-state index contributed by atoms with van der Waals surface area (Å²) in [5.74, 6) is -2.07. The summed E-state index contributed by atoms with van der Waals surface area (Å²) in [6.07, 6.45) is 0. The predicted octanol–water partition coefficient (Wildman–Crippen LogP) is 1.93. The van der Waals surface area contributed by atoms with Crippen molar-refractivity contribution in [3.8, 4) is 0 Å². The lowest BCUT2D eigenvalue weighted by Crippen LogP contribution is -2.45. The lowest BCUT2D eigenvalue weighted by atomic mass is 9.95. The van der Waals surface area contributed by atoms with Crippen molar-refractivity contribution in [2.24, 2.45) is 0 Å². The SMILES string of the molecule is COC(=O)C1=C(C)NC(=S)NC1c1ccc(F)cc1F. The Bertz CT molecular complexity index is 616. The number of hydrogen-bond acceptors (Lipinski definition) is 3. The Labute approximate surface area is 119 Å². The molecule has 0 saturated carbocycles. The maximum atomic E-state index is 13.9. The molecular weight excluding hydrogens is 286 g/mol. The lowest BCUT2D eigenvalue weighted by Gasteiger charge is -2.29. The fraction of sp³-hybridized carbons (Fsp3) is 0.231. The van der Waals surface area contributed by atoms with Gasteiger partial charge in [0.2, 0.25) is 0 Å². The quantitative estimate of drug-likeness (QED) is 0.645. The molecule has 4 nitrogen and oxygen atoms in total. The molecule has 7 heteroatoms. The Kier molecular flexibility index (Phi) is 3.99. The summed E-state index contributed by atoms with van der Waals surface area (Å²) in [5.41, 5.74) is 0.788. The molecule has 20 heavy (non-hydrogen) atoms. The van der Waals surface area contributed by atoms with Crippen molar-refractivity contribution in [2.75, 3.05) is 7.11 Å². The Morgan fingerprint density at radius 1 is 1.40 bits per heavy atom. The Morgan fingerprint density at radius 2 is 2.10 bits per heavy atom. The van der Waals surface area contributed by atoms with Crippen LogP contribution < -0.4 is 10.6 Å². The molecule has 0 radical (unpaired) electrons. The van der Waals surface area contributed by atoms with Crippen molar-refractivity contribution in [3.63, 3.8) is 0 Å². The molecule has 0 aromatic heterocycles. The van der Waals surface area contributed by atoms with Crippen molar-refractivity contribution in [1.29, 1.82) is 0 Å². The summed E-state index contributed by atoms with van der Waals surface area (Å²) >= 11 is 5.00. The van der Waals surface area contributed by atoms with Gasteiger partial charge in [-0.05, 0) is 25.2 Å². The number of ether oxygens (including phenoxy) is 1. The number of thiocarbonyl (C=S) groups is 1. The van der Waals surface area contributed by atoms with Crippen LogP contribution in [0.3, 0.4) is 0 Å². The minimum atomic E-state index is -0.822. The number of rotatable bonds is 2. The average Bonchev–Trinajstić information content (AvgIpc) is 2.37. The molecular formula is C13H12F2N2O2S. The van der Waals surface area contributed by atoms with Gasteiger partial charge in [0.25, 0.3) is 0 Å². The van der Waals surface area contributed by atoms with E-state index < -0.39 is 23.6 Å². The third kappa shape index (κ3) is 2.62. The molecule has 0 bridgehead atoms. The standard InChI is InChI=1S/C13H12F2N2O2S/c1-6-10(12(18)19-2)11(17-13(20)16-6)8-4-3-7(14)5-9(8)15/h3-5,11H,1-2H3,(H2,16,17,20). The van der Waals surface area contributed by atoms with E-state index in [1.54, 1.807) is 6.92 Å². The predicted molar refractivity (Wildman–Crippen MR) is 72.7 cm³/mol. The van der Waals surface area contributed by atoms with Gasteiger partial charge < -0.3 is 15.4 Å². The first-order valence-corrected chi connectivity index (χ1v) is 6.16. The maximum absolute atomic E-state index is 13.9. The van der Waals surface area contributed by atoms with E-state index in [9.17, 15) is 13.6 Å². The molecule has 1 aliphatic heterocycles. The van der Waals surface area contributed by atoms with E-state index in [1.807, 2.05) is 0 Å². The van der Waals surface area contributed by atoms with Gasteiger partial charge in [-0.1, -0.05) is 6.07 Å².